The molecule has 0 bridgehead atoms. The predicted octanol–water partition coefficient (Wildman–Crippen LogP) is 0.787. The number of hydrogen-bond acceptors (Lipinski definition) is 4. The summed E-state index contributed by atoms with van der Waals surface area (Å²) in [6, 6.07) is 0.347. The molecule has 0 aliphatic carbocycles. The van der Waals surface area contributed by atoms with Crippen LogP contribution in [-0.4, -0.2) is 36.2 Å². The average molecular weight is 201 g/mol. The molecule has 1 N–H and O–H groups in total. The molecular formula is C9H15NO2S. The van der Waals surface area contributed by atoms with E-state index in [0.717, 1.165) is 13.0 Å². The maximum absolute atomic E-state index is 11.0. The van der Waals surface area contributed by atoms with Crippen LogP contribution in [0.1, 0.15) is 19.3 Å². The molecule has 2 heterocycles. The van der Waals surface area contributed by atoms with Gasteiger partial charge in [-0.15, -0.1) is 0 Å². The fourth-order valence-electron chi connectivity index (χ4n) is 2.04. The summed E-state index contributed by atoms with van der Waals surface area (Å²) in [7, 11) is 1.45. The second-order valence-corrected chi connectivity index (χ2v) is 5.41. The summed E-state index contributed by atoms with van der Waals surface area (Å²) in [5, 5.41) is 3.39. The summed E-state index contributed by atoms with van der Waals surface area (Å²) in [6.07, 6.45) is 2.97. The van der Waals surface area contributed by atoms with Crippen molar-refractivity contribution in [1.82, 2.24) is 5.32 Å². The molecule has 0 radical (unpaired) electrons. The lowest BCUT2D eigenvalue weighted by Gasteiger charge is -2.36. The summed E-state index contributed by atoms with van der Waals surface area (Å²) in [6.45, 7) is 1.07. The maximum atomic E-state index is 11.0. The van der Waals surface area contributed by atoms with Gasteiger partial charge in [-0.1, -0.05) is 0 Å². The van der Waals surface area contributed by atoms with Crippen molar-refractivity contribution >= 4 is 17.7 Å². The number of nitrogens with one attached hydrogen (secondary N) is 1. The van der Waals surface area contributed by atoms with Crippen molar-refractivity contribution < 1.29 is 9.53 Å². The van der Waals surface area contributed by atoms with Gasteiger partial charge in [0.05, 0.1) is 13.5 Å². The van der Waals surface area contributed by atoms with Crippen LogP contribution in [0.5, 0.6) is 0 Å². The van der Waals surface area contributed by atoms with E-state index in [1.165, 1.54) is 19.3 Å². The second-order valence-electron chi connectivity index (χ2n) is 3.84. The Bertz CT molecular complexity index is 216. The number of carbonyl (C=O) groups is 1. The SMILES string of the molecule is COC(=O)CC1C[C@]2(CCS2)CN1. The van der Waals surface area contributed by atoms with Gasteiger partial charge in [-0.3, -0.25) is 4.79 Å². The molecule has 0 saturated carbocycles. The fraction of sp³-hybridized carbons (Fsp3) is 0.889. The molecule has 2 saturated heterocycles. The molecular weight excluding hydrogens is 186 g/mol. The Morgan fingerprint density at radius 2 is 2.54 bits per heavy atom. The van der Waals surface area contributed by atoms with E-state index in [1.807, 2.05) is 11.8 Å². The van der Waals surface area contributed by atoms with Crippen LogP contribution >= 0.6 is 11.8 Å². The van der Waals surface area contributed by atoms with Crippen molar-refractivity contribution in [2.45, 2.75) is 30.1 Å². The zero-order valence-corrected chi connectivity index (χ0v) is 8.65. The van der Waals surface area contributed by atoms with Crippen molar-refractivity contribution in [2.24, 2.45) is 0 Å². The molecule has 74 valence electrons. The topological polar surface area (TPSA) is 38.3 Å². The van der Waals surface area contributed by atoms with Gasteiger partial charge in [0.1, 0.15) is 0 Å². The van der Waals surface area contributed by atoms with Crippen LogP contribution in [0, 0.1) is 0 Å². The van der Waals surface area contributed by atoms with E-state index >= 15 is 0 Å². The van der Waals surface area contributed by atoms with Crippen molar-refractivity contribution in [3.05, 3.63) is 0 Å². The highest BCUT2D eigenvalue weighted by Gasteiger charge is 2.44. The highest BCUT2D eigenvalue weighted by Crippen LogP contribution is 2.46. The molecule has 13 heavy (non-hydrogen) atoms. The molecule has 2 atom stereocenters. The number of thioether (sulfide) groups is 1. The number of carbonyl (C=O) groups excluding carboxylic acids is 1. The highest BCUT2D eigenvalue weighted by atomic mass is 32.2. The minimum atomic E-state index is -0.0983. The molecule has 4 heteroatoms. The van der Waals surface area contributed by atoms with Crippen LogP contribution in [-0.2, 0) is 9.53 Å². The predicted molar refractivity (Wildman–Crippen MR) is 52.8 cm³/mol. The van der Waals surface area contributed by atoms with E-state index in [4.69, 9.17) is 0 Å². The Labute approximate surface area is 82.6 Å². The lowest BCUT2D eigenvalue weighted by Crippen LogP contribution is -2.36. The third kappa shape index (κ3) is 1.83. The number of ether oxygens (including phenoxy) is 1. The van der Waals surface area contributed by atoms with Crippen LogP contribution in [0.2, 0.25) is 0 Å². The minimum Gasteiger partial charge on any atom is -0.469 e. The number of hydrogen-bond donors (Lipinski definition) is 1. The van der Waals surface area contributed by atoms with E-state index in [0.29, 0.717) is 17.2 Å². The van der Waals surface area contributed by atoms with Gasteiger partial charge in [0.25, 0.3) is 0 Å². The number of methoxy groups -OCH3 is 1. The molecule has 0 amide bonds. The largest absolute Gasteiger partial charge is 0.469 e. The van der Waals surface area contributed by atoms with Crippen LogP contribution < -0.4 is 5.32 Å². The molecule has 0 aromatic carbocycles. The zero-order valence-electron chi connectivity index (χ0n) is 7.84. The van der Waals surface area contributed by atoms with Crippen LogP contribution in [0.3, 0.4) is 0 Å². The maximum Gasteiger partial charge on any atom is 0.307 e. The first-order valence-corrected chi connectivity index (χ1v) is 5.67. The Morgan fingerprint density at radius 3 is 3.00 bits per heavy atom. The summed E-state index contributed by atoms with van der Waals surface area (Å²) in [5.74, 6) is 1.19. The van der Waals surface area contributed by atoms with Gasteiger partial charge in [-0.2, -0.15) is 11.8 Å². The van der Waals surface area contributed by atoms with Crippen molar-refractivity contribution in [2.75, 3.05) is 19.4 Å². The van der Waals surface area contributed by atoms with Gasteiger partial charge in [-0.25, -0.2) is 0 Å². The average Bonchev–Trinajstić information content (AvgIpc) is 2.48. The molecule has 2 aliphatic heterocycles. The monoisotopic (exact) mass is 201 g/mol. The van der Waals surface area contributed by atoms with Crippen molar-refractivity contribution in [3.63, 3.8) is 0 Å². The Kier molecular flexibility index (Phi) is 2.51. The Hall–Kier alpha value is -0.220. The molecule has 0 aromatic heterocycles. The van der Waals surface area contributed by atoms with Gasteiger partial charge in [0.2, 0.25) is 0 Å². The normalized spacial score (nSPS) is 37.5. The smallest absolute Gasteiger partial charge is 0.307 e. The lowest BCUT2D eigenvalue weighted by molar-refractivity contribution is -0.141. The van der Waals surface area contributed by atoms with Crippen LogP contribution in [0.25, 0.3) is 0 Å². The first-order chi connectivity index (χ1) is 6.24. The standard InChI is InChI=1S/C9H15NO2S/c1-12-8(11)4-7-5-9(6-10-7)2-3-13-9/h7,10H,2-6H2,1H3/t7?,9-/m1/s1. The first kappa shape index (κ1) is 9.34. The quantitative estimate of drug-likeness (QED) is 0.670. The lowest BCUT2D eigenvalue weighted by atomic mass is 9.99. The van der Waals surface area contributed by atoms with Gasteiger partial charge >= 0.3 is 5.97 Å². The third-order valence-corrected chi connectivity index (χ3v) is 4.47. The molecule has 3 nitrogen and oxygen atoms in total. The van der Waals surface area contributed by atoms with Gasteiger partial charge in [0.15, 0.2) is 0 Å². The zero-order chi connectivity index (χ0) is 9.31. The highest BCUT2D eigenvalue weighted by molar-refractivity contribution is 8.02. The van der Waals surface area contributed by atoms with E-state index < -0.39 is 0 Å². The van der Waals surface area contributed by atoms with Gasteiger partial charge in [-0.05, 0) is 18.6 Å². The molecule has 2 aliphatic rings. The summed E-state index contributed by atoms with van der Waals surface area (Å²) >= 11 is 2.04. The number of esters is 1. The second kappa shape index (κ2) is 3.50. The first-order valence-electron chi connectivity index (χ1n) is 4.68. The molecule has 1 unspecified atom stereocenters. The van der Waals surface area contributed by atoms with Gasteiger partial charge < -0.3 is 10.1 Å². The summed E-state index contributed by atoms with van der Waals surface area (Å²) < 4.78 is 5.12. The molecule has 0 aromatic rings. The summed E-state index contributed by atoms with van der Waals surface area (Å²) in [4.78, 5) is 11.0. The van der Waals surface area contributed by atoms with Crippen molar-refractivity contribution in [1.29, 1.82) is 0 Å². The Morgan fingerprint density at radius 1 is 1.77 bits per heavy atom. The number of rotatable bonds is 2. The van der Waals surface area contributed by atoms with E-state index in [1.54, 1.807) is 0 Å². The van der Waals surface area contributed by atoms with Crippen molar-refractivity contribution in [3.8, 4) is 0 Å². The summed E-state index contributed by atoms with van der Waals surface area (Å²) in [5.41, 5.74) is 0. The van der Waals surface area contributed by atoms with E-state index in [9.17, 15) is 4.79 Å². The Balaban J connectivity index is 1.81. The fourth-order valence-corrected chi connectivity index (χ4v) is 3.33. The third-order valence-electron chi connectivity index (χ3n) is 2.94. The molecule has 2 fully saturated rings. The van der Waals surface area contributed by atoms with Gasteiger partial charge in [0, 0.05) is 17.3 Å². The molecule has 2 rings (SSSR count). The molecule has 1 spiro atoms. The van der Waals surface area contributed by atoms with E-state index in [2.05, 4.69) is 10.1 Å². The minimum absolute atomic E-state index is 0.0983. The van der Waals surface area contributed by atoms with Crippen LogP contribution in [0.15, 0.2) is 0 Å². The van der Waals surface area contributed by atoms with Crippen LogP contribution in [0.4, 0.5) is 0 Å². The van der Waals surface area contributed by atoms with E-state index in [-0.39, 0.29) is 5.97 Å².